The molecule has 0 unspecified atom stereocenters. The third-order valence-electron chi connectivity index (χ3n) is 5.91. The first-order chi connectivity index (χ1) is 15.3. The minimum atomic E-state index is -3.81. The average molecular weight is 454 g/mol. The van der Waals surface area contributed by atoms with Gasteiger partial charge in [-0.1, -0.05) is 12.1 Å². The fraction of sp³-hybridized carbons (Fsp3) is 0.333. The van der Waals surface area contributed by atoms with Gasteiger partial charge in [0.1, 0.15) is 5.75 Å². The van der Waals surface area contributed by atoms with Crippen LogP contribution in [0.2, 0.25) is 0 Å². The van der Waals surface area contributed by atoms with Crippen LogP contribution in [-0.4, -0.2) is 32.3 Å². The second-order valence-corrected chi connectivity index (χ2v) is 9.88. The molecule has 0 bridgehead atoms. The van der Waals surface area contributed by atoms with Crippen LogP contribution < -0.4 is 14.6 Å². The van der Waals surface area contributed by atoms with E-state index in [2.05, 4.69) is 10.2 Å². The van der Waals surface area contributed by atoms with Crippen molar-refractivity contribution in [3.63, 3.8) is 0 Å². The molecule has 1 aromatic heterocycles. The molecule has 1 N–H and O–H groups in total. The van der Waals surface area contributed by atoms with E-state index in [1.54, 1.807) is 43.3 Å². The lowest BCUT2D eigenvalue weighted by atomic mass is 9.90. The Morgan fingerprint density at radius 3 is 2.44 bits per heavy atom. The molecule has 0 saturated heterocycles. The number of aryl methyl sites for hydroxylation is 1. The van der Waals surface area contributed by atoms with E-state index in [1.165, 1.54) is 11.4 Å². The fourth-order valence-electron chi connectivity index (χ4n) is 4.13. The van der Waals surface area contributed by atoms with E-state index < -0.39 is 10.0 Å². The molecule has 32 heavy (non-hydrogen) atoms. The quantitative estimate of drug-likeness (QED) is 0.612. The average Bonchev–Trinajstić information content (AvgIpc) is 2.80. The van der Waals surface area contributed by atoms with Crippen molar-refractivity contribution in [2.45, 2.75) is 44.4 Å². The molecule has 3 aromatic rings. The molecule has 0 atom stereocenters. The van der Waals surface area contributed by atoms with Crippen LogP contribution in [0.1, 0.15) is 36.5 Å². The minimum absolute atomic E-state index is 0.154. The minimum Gasteiger partial charge on any atom is -0.494 e. The third-order valence-corrected chi connectivity index (χ3v) is 7.84. The monoisotopic (exact) mass is 453 g/mol. The van der Waals surface area contributed by atoms with Crippen molar-refractivity contribution in [1.29, 1.82) is 0 Å². The van der Waals surface area contributed by atoms with E-state index in [0.29, 0.717) is 34.9 Å². The second-order valence-electron chi connectivity index (χ2n) is 7.95. The Labute approximate surface area is 188 Å². The van der Waals surface area contributed by atoms with Gasteiger partial charge in [-0.05, 0) is 81.0 Å². The predicted octanol–water partition coefficient (Wildman–Crippen LogP) is 3.85. The van der Waals surface area contributed by atoms with Crippen LogP contribution in [0.5, 0.6) is 5.75 Å². The number of hydrogen-bond donors (Lipinski definition) is 1. The highest BCUT2D eigenvalue weighted by atomic mass is 32.2. The topological polar surface area (TPSA) is 92.4 Å². The molecule has 0 saturated carbocycles. The van der Waals surface area contributed by atoms with Gasteiger partial charge in [0.25, 0.3) is 15.6 Å². The summed E-state index contributed by atoms with van der Waals surface area (Å²) in [4.78, 5) is 12.4. The third kappa shape index (κ3) is 4.02. The van der Waals surface area contributed by atoms with Crippen LogP contribution in [0.15, 0.2) is 52.2 Å². The molecule has 8 heteroatoms. The number of aromatic amines is 1. The van der Waals surface area contributed by atoms with Crippen molar-refractivity contribution in [2.24, 2.45) is 0 Å². The first kappa shape index (κ1) is 22.1. The van der Waals surface area contributed by atoms with E-state index in [0.717, 1.165) is 36.8 Å². The standard InChI is InChI=1S/C24H27N3O4S/c1-4-31-19-13-11-18(12-14-19)27(3)32(29,30)22-15-17(10-9-16(22)2)23-20-7-5-6-8-21(20)24(28)26-25-23/h9-15H,4-8H2,1-3H3,(H,26,28). The lowest BCUT2D eigenvalue weighted by Gasteiger charge is -2.22. The van der Waals surface area contributed by atoms with E-state index in [4.69, 9.17) is 4.74 Å². The van der Waals surface area contributed by atoms with Crippen molar-refractivity contribution in [1.82, 2.24) is 10.2 Å². The van der Waals surface area contributed by atoms with Gasteiger partial charge in [-0.3, -0.25) is 9.10 Å². The van der Waals surface area contributed by atoms with Crippen LogP contribution in [0.25, 0.3) is 11.3 Å². The lowest BCUT2D eigenvalue weighted by molar-refractivity contribution is 0.340. The van der Waals surface area contributed by atoms with Crippen molar-refractivity contribution >= 4 is 15.7 Å². The molecule has 168 valence electrons. The Balaban J connectivity index is 1.75. The summed E-state index contributed by atoms with van der Waals surface area (Å²) >= 11 is 0. The second kappa shape index (κ2) is 8.78. The first-order valence-electron chi connectivity index (χ1n) is 10.8. The maximum absolute atomic E-state index is 13.5. The molecule has 0 spiro atoms. The highest BCUT2D eigenvalue weighted by Crippen LogP contribution is 2.32. The van der Waals surface area contributed by atoms with Gasteiger partial charge in [0.15, 0.2) is 0 Å². The van der Waals surface area contributed by atoms with Crippen LogP contribution in [0, 0.1) is 6.92 Å². The molecule has 0 aliphatic heterocycles. The summed E-state index contributed by atoms with van der Waals surface area (Å²) in [6, 6.07) is 12.3. The lowest BCUT2D eigenvalue weighted by Crippen LogP contribution is -2.27. The Bertz CT molecular complexity index is 1300. The number of H-pyrrole nitrogens is 1. The van der Waals surface area contributed by atoms with Gasteiger partial charge in [0.2, 0.25) is 0 Å². The summed E-state index contributed by atoms with van der Waals surface area (Å²) in [5.74, 6) is 0.689. The molecule has 7 nitrogen and oxygen atoms in total. The van der Waals surface area contributed by atoms with E-state index in [-0.39, 0.29) is 10.5 Å². The molecule has 1 aliphatic carbocycles. The number of nitrogens with one attached hydrogen (secondary N) is 1. The van der Waals surface area contributed by atoms with Crippen molar-refractivity contribution in [3.05, 3.63) is 69.5 Å². The zero-order valence-corrected chi connectivity index (χ0v) is 19.3. The maximum Gasteiger partial charge on any atom is 0.267 e. The van der Waals surface area contributed by atoms with Gasteiger partial charge in [-0.15, -0.1) is 0 Å². The van der Waals surface area contributed by atoms with Gasteiger partial charge in [0.05, 0.1) is 22.9 Å². The summed E-state index contributed by atoms with van der Waals surface area (Å²) in [5, 5.41) is 6.87. The molecular formula is C24H27N3O4S. The van der Waals surface area contributed by atoms with E-state index in [1.807, 2.05) is 13.0 Å². The number of nitrogens with zero attached hydrogens (tertiary/aromatic N) is 2. The number of aromatic nitrogens is 2. The Morgan fingerprint density at radius 2 is 1.75 bits per heavy atom. The smallest absolute Gasteiger partial charge is 0.267 e. The number of ether oxygens (including phenoxy) is 1. The number of fused-ring (bicyclic) bond motifs is 1. The summed E-state index contributed by atoms with van der Waals surface area (Å²) < 4.78 is 33.7. The molecule has 0 amide bonds. The normalized spacial score (nSPS) is 13.5. The Morgan fingerprint density at radius 1 is 1.06 bits per heavy atom. The molecule has 4 rings (SSSR count). The Kier molecular flexibility index (Phi) is 6.06. The van der Waals surface area contributed by atoms with Gasteiger partial charge in [0, 0.05) is 18.2 Å². The molecule has 1 heterocycles. The van der Waals surface area contributed by atoms with Gasteiger partial charge in [-0.25, -0.2) is 13.5 Å². The molecule has 1 aliphatic rings. The number of benzene rings is 2. The Hall–Kier alpha value is -3.13. The first-order valence-corrected chi connectivity index (χ1v) is 12.2. The van der Waals surface area contributed by atoms with E-state index in [9.17, 15) is 13.2 Å². The van der Waals surface area contributed by atoms with Crippen molar-refractivity contribution in [2.75, 3.05) is 18.0 Å². The van der Waals surface area contributed by atoms with Gasteiger partial charge in [-0.2, -0.15) is 5.10 Å². The summed E-state index contributed by atoms with van der Waals surface area (Å²) in [5.41, 5.74) is 4.05. The molecule has 0 fully saturated rings. The fourth-order valence-corrected chi connectivity index (χ4v) is 5.57. The van der Waals surface area contributed by atoms with Crippen molar-refractivity contribution in [3.8, 4) is 17.0 Å². The molecule has 2 aromatic carbocycles. The predicted molar refractivity (Wildman–Crippen MR) is 125 cm³/mol. The van der Waals surface area contributed by atoms with Crippen LogP contribution in [0.4, 0.5) is 5.69 Å². The SMILES string of the molecule is CCOc1ccc(N(C)S(=O)(=O)c2cc(-c3n[nH]c(=O)c4c3CCCC4)ccc2C)cc1. The zero-order chi connectivity index (χ0) is 22.9. The van der Waals surface area contributed by atoms with E-state index >= 15 is 0 Å². The number of sulfonamides is 1. The van der Waals surface area contributed by atoms with Crippen LogP contribution in [-0.2, 0) is 22.9 Å². The highest BCUT2D eigenvalue weighted by Gasteiger charge is 2.25. The molecule has 0 radical (unpaired) electrons. The zero-order valence-electron chi connectivity index (χ0n) is 18.5. The molecular weight excluding hydrogens is 426 g/mol. The van der Waals surface area contributed by atoms with Crippen molar-refractivity contribution < 1.29 is 13.2 Å². The largest absolute Gasteiger partial charge is 0.494 e. The number of hydrogen-bond acceptors (Lipinski definition) is 5. The number of rotatable bonds is 6. The van der Waals surface area contributed by atoms with Crippen LogP contribution >= 0.6 is 0 Å². The maximum atomic E-state index is 13.5. The van der Waals surface area contributed by atoms with Crippen LogP contribution in [0.3, 0.4) is 0 Å². The summed E-state index contributed by atoms with van der Waals surface area (Å²) in [6.45, 7) is 4.22. The summed E-state index contributed by atoms with van der Waals surface area (Å²) in [7, 11) is -2.28. The highest BCUT2D eigenvalue weighted by molar-refractivity contribution is 7.92. The van der Waals surface area contributed by atoms with Gasteiger partial charge >= 0.3 is 0 Å². The van der Waals surface area contributed by atoms with Gasteiger partial charge < -0.3 is 4.74 Å². The number of anilines is 1. The summed E-state index contributed by atoms with van der Waals surface area (Å²) in [6.07, 6.45) is 3.45.